The summed E-state index contributed by atoms with van der Waals surface area (Å²) in [5, 5.41) is 7.10. The molecule has 2 aliphatic heterocycles. The fourth-order valence-electron chi connectivity index (χ4n) is 3.75. The van der Waals surface area contributed by atoms with Crippen molar-refractivity contribution in [3.05, 3.63) is 58.2 Å². The van der Waals surface area contributed by atoms with Crippen LogP contribution in [0.3, 0.4) is 0 Å². The van der Waals surface area contributed by atoms with Crippen LogP contribution in [-0.2, 0) is 19.4 Å². The smallest absolute Gasteiger partial charge is 0.126 e. The van der Waals surface area contributed by atoms with Crippen LogP contribution in [0.4, 0.5) is 4.39 Å². The van der Waals surface area contributed by atoms with E-state index in [-0.39, 0.29) is 5.82 Å². The number of aryl methyl sites for hydroxylation is 1. The Hall–Kier alpha value is -2.54. The first kappa shape index (κ1) is 18.3. The molecule has 3 nitrogen and oxygen atoms in total. The Morgan fingerprint density at radius 1 is 1.35 bits per heavy atom. The molecule has 1 aliphatic carbocycles. The van der Waals surface area contributed by atoms with Crippen molar-refractivity contribution in [1.82, 2.24) is 4.90 Å². The van der Waals surface area contributed by atoms with E-state index in [9.17, 15) is 4.39 Å². The van der Waals surface area contributed by atoms with Crippen LogP contribution in [0.1, 0.15) is 42.9 Å². The first-order valence-electron chi connectivity index (χ1n) is 9.24. The van der Waals surface area contributed by atoms with Gasteiger partial charge in [-0.2, -0.15) is 0 Å². The number of aliphatic imine (C=N–C) groups is 1. The van der Waals surface area contributed by atoms with Crippen molar-refractivity contribution in [1.29, 1.82) is 0 Å². The van der Waals surface area contributed by atoms with E-state index in [1.54, 1.807) is 6.07 Å². The van der Waals surface area contributed by atoms with Crippen LogP contribution < -0.4 is 0 Å². The number of nitrogens with zero attached hydrogens (tertiary/aromatic N) is 2. The lowest BCUT2D eigenvalue weighted by atomic mass is 9.94. The Morgan fingerprint density at radius 2 is 2.12 bits per heavy atom. The van der Waals surface area contributed by atoms with Gasteiger partial charge in [0.05, 0.1) is 0 Å². The van der Waals surface area contributed by atoms with Gasteiger partial charge < -0.3 is 10.0 Å². The van der Waals surface area contributed by atoms with Crippen LogP contribution in [0.15, 0.2) is 40.7 Å². The maximum atomic E-state index is 14.0. The monoisotopic (exact) mass is 352 g/mol. The molecule has 3 aliphatic rings. The molecule has 1 saturated carbocycles. The molecule has 4 rings (SSSR count). The van der Waals surface area contributed by atoms with Crippen molar-refractivity contribution in [2.24, 2.45) is 10.9 Å². The van der Waals surface area contributed by atoms with Gasteiger partial charge in [-0.3, -0.25) is 4.99 Å². The topological polar surface area (TPSA) is 35.8 Å². The highest BCUT2D eigenvalue weighted by Gasteiger charge is 2.30. The molecule has 0 amide bonds. The Labute approximate surface area is 154 Å². The predicted molar refractivity (Wildman–Crippen MR) is 103 cm³/mol. The largest absolute Gasteiger partial charge is 0.462 e. The molecule has 26 heavy (non-hydrogen) atoms. The van der Waals surface area contributed by atoms with Crippen LogP contribution in [0, 0.1) is 24.3 Å². The second kappa shape index (κ2) is 8.23. The summed E-state index contributed by atoms with van der Waals surface area (Å²) in [5.41, 5.74) is 6.22. The third-order valence-corrected chi connectivity index (χ3v) is 5.22. The number of hydrogen-bond acceptors (Lipinski definition) is 3. The average molecular weight is 352 g/mol. The second-order valence-corrected chi connectivity index (χ2v) is 6.89. The molecule has 0 saturated heterocycles. The summed E-state index contributed by atoms with van der Waals surface area (Å²) in [7, 11) is 0. The normalized spacial score (nSPS) is 18.6. The maximum absolute atomic E-state index is 14.0. The lowest BCUT2D eigenvalue weighted by molar-refractivity contribution is 0.314. The molecule has 0 unspecified atom stereocenters. The van der Waals surface area contributed by atoms with Crippen molar-refractivity contribution >= 4 is 6.21 Å². The second-order valence-electron chi connectivity index (χ2n) is 6.89. The van der Waals surface area contributed by atoms with Crippen molar-refractivity contribution in [2.45, 2.75) is 45.6 Å². The van der Waals surface area contributed by atoms with Gasteiger partial charge in [0.2, 0.25) is 0 Å². The van der Waals surface area contributed by atoms with Gasteiger partial charge in [-0.1, -0.05) is 19.4 Å². The molecule has 4 heteroatoms. The minimum Gasteiger partial charge on any atom is -0.462 e. The Kier molecular flexibility index (Phi) is 5.78. The van der Waals surface area contributed by atoms with Crippen molar-refractivity contribution in [2.75, 3.05) is 6.54 Å². The first-order valence-corrected chi connectivity index (χ1v) is 9.24. The molecule has 0 bridgehead atoms. The summed E-state index contributed by atoms with van der Waals surface area (Å²) >= 11 is 0. The molecule has 2 heterocycles. The number of benzene rings is 1. The molecular formula is C22H25FN2O. The van der Waals surface area contributed by atoms with E-state index in [4.69, 9.17) is 5.11 Å². The van der Waals surface area contributed by atoms with Crippen LogP contribution >= 0.6 is 0 Å². The number of aliphatic hydroxyl groups is 1. The number of halogens is 1. The molecule has 0 atom stereocenters. The van der Waals surface area contributed by atoms with Crippen LogP contribution in [0.25, 0.3) is 0 Å². The van der Waals surface area contributed by atoms with Gasteiger partial charge in [-0.25, -0.2) is 4.39 Å². The van der Waals surface area contributed by atoms with Gasteiger partial charge in [-0.05, 0) is 66.0 Å². The van der Waals surface area contributed by atoms with E-state index in [0.29, 0.717) is 0 Å². The third-order valence-electron chi connectivity index (χ3n) is 5.22. The van der Waals surface area contributed by atoms with Gasteiger partial charge in [0.1, 0.15) is 11.9 Å². The van der Waals surface area contributed by atoms with Crippen molar-refractivity contribution in [3.63, 3.8) is 0 Å². The zero-order valence-corrected chi connectivity index (χ0v) is 15.2. The zero-order chi connectivity index (χ0) is 18.5. The summed E-state index contributed by atoms with van der Waals surface area (Å²) in [4.78, 5) is 6.83. The van der Waals surface area contributed by atoms with Crippen LogP contribution in [-0.4, -0.2) is 22.8 Å². The SMILES string of the molecule is C#CO.CCc1cc2c(cc1F)CCN(C1=C(C3CC3)C=CN=CC1)C2. The van der Waals surface area contributed by atoms with Crippen LogP contribution in [0.5, 0.6) is 0 Å². The highest BCUT2D eigenvalue weighted by Crippen LogP contribution is 2.41. The number of aliphatic hydroxyl groups excluding tert-OH is 1. The van der Waals surface area contributed by atoms with Gasteiger partial charge >= 0.3 is 0 Å². The molecule has 0 spiro atoms. The van der Waals surface area contributed by atoms with E-state index in [0.717, 1.165) is 43.8 Å². The van der Waals surface area contributed by atoms with Gasteiger partial charge in [0, 0.05) is 37.6 Å². The van der Waals surface area contributed by atoms with Gasteiger partial charge in [0.15, 0.2) is 0 Å². The van der Waals surface area contributed by atoms with Crippen molar-refractivity contribution in [3.8, 4) is 12.5 Å². The summed E-state index contributed by atoms with van der Waals surface area (Å²) in [6.07, 6.45) is 16.8. The summed E-state index contributed by atoms with van der Waals surface area (Å²) in [6.45, 7) is 3.90. The fraction of sp³-hybridized carbons (Fsp3) is 0.409. The molecule has 1 aromatic rings. The molecule has 1 fully saturated rings. The summed E-state index contributed by atoms with van der Waals surface area (Å²) in [6, 6.07) is 3.84. The van der Waals surface area contributed by atoms with E-state index >= 15 is 0 Å². The minimum atomic E-state index is -0.0397. The number of terminal acetylenes is 1. The molecule has 0 radical (unpaired) electrons. The number of hydrogen-bond donors (Lipinski definition) is 1. The Bertz CT molecular complexity index is 797. The minimum absolute atomic E-state index is 0.0397. The lowest BCUT2D eigenvalue weighted by Crippen LogP contribution is -2.31. The van der Waals surface area contributed by atoms with E-state index in [1.807, 2.05) is 19.3 Å². The first-order chi connectivity index (χ1) is 12.7. The number of rotatable bonds is 3. The average Bonchev–Trinajstić information content (AvgIpc) is 3.47. The Balaban J connectivity index is 0.000000613. The maximum Gasteiger partial charge on any atom is 0.126 e. The highest BCUT2D eigenvalue weighted by atomic mass is 19.1. The van der Waals surface area contributed by atoms with E-state index < -0.39 is 0 Å². The standard InChI is InChI=1S/C20H23FN2.C2H2O/c1-2-14-11-17-13-23(10-7-16(17)12-19(14)21)20-6-9-22-8-5-18(20)15-3-4-15;1-2-3/h5,8-9,11-12,15H,2-4,6-7,10,13H2,1H3;1,3H. The fourth-order valence-corrected chi connectivity index (χ4v) is 3.75. The van der Waals surface area contributed by atoms with Crippen LogP contribution in [0.2, 0.25) is 0 Å². The molecule has 136 valence electrons. The molecule has 0 aromatic heterocycles. The lowest BCUT2D eigenvalue weighted by Gasteiger charge is -2.34. The highest BCUT2D eigenvalue weighted by molar-refractivity contribution is 5.64. The van der Waals surface area contributed by atoms with E-state index in [1.165, 1.54) is 41.3 Å². The van der Waals surface area contributed by atoms with E-state index in [2.05, 4.69) is 28.5 Å². The predicted octanol–water partition coefficient (Wildman–Crippen LogP) is 4.35. The van der Waals surface area contributed by atoms with Crippen molar-refractivity contribution < 1.29 is 9.50 Å². The third kappa shape index (κ3) is 3.99. The number of allylic oxidation sites excluding steroid dienone is 3. The Morgan fingerprint density at radius 3 is 2.81 bits per heavy atom. The molecular weight excluding hydrogens is 327 g/mol. The van der Waals surface area contributed by atoms with Gasteiger partial charge in [0.25, 0.3) is 0 Å². The zero-order valence-electron chi connectivity index (χ0n) is 15.2. The summed E-state index contributed by atoms with van der Waals surface area (Å²) < 4.78 is 14.0. The summed E-state index contributed by atoms with van der Waals surface area (Å²) in [5.74, 6) is 0.686. The van der Waals surface area contributed by atoms with Gasteiger partial charge in [-0.15, -0.1) is 0 Å². The molecule has 1 aromatic carbocycles. The molecule has 1 N–H and O–H groups in total. The number of fused-ring (bicyclic) bond motifs is 1. The quantitative estimate of drug-likeness (QED) is 0.821.